The molecule has 6 nitrogen and oxygen atoms in total. The molecule has 104 valence electrons. The summed E-state index contributed by atoms with van der Waals surface area (Å²) in [4.78, 5) is 25.4. The van der Waals surface area contributed by atoms with Gasteiger partial charge in [0.25, 0.3) is 5.91 Å². The van der Waals surface area contributed by atoms with Gasteiger partial charge in [-0.25, -0.2) is 0 Å². The molecule has 6 heteroatoms. The highest BCUT2D eigenvalue weighted by Gasteiger charge is 2.25. The standard InChI is InChI=1S/C13H19N3O3/c1-9-7-16(5-4-10(9)14)8-12(17)15-13(18)11-3-2-6-19-11/h2-3,6,9-10H,4-5,7-8,14H2,1H3,(H,15,17,18). The van der Waals surface area contributed by atoms with Crippen LogP contribution in [0, 0.1) is 5.92 Å². The van der Waals surface area contributed by atoms with Crippen LogP contribution in [-0.2, 0) is 4.79 Å². The molecule has 1 fully saturated rings. The molecule has 2 amide bonds. The van der Waals surface area contributed by atoms with Crippen LogP contribution in [0.25, 0.3) is 0 Å². The van der Waals surface area contributed by atoms with E-state index in [0.29, 0.717) is 5.92 Å². The Morgan fingerprint density at radius 1 is 1.58 bits per heavy atom. The second kappa shape index (κ2) is 5.99. The predicted octanol–water partition coefficient (Wildman–Crippen LogP) is 0.205. The van der Waals surface area contributed by atoms with E-state index in [9.17, 15) is 9.59 Å². The fourth-order valence-corrected chi connectivity index (χ4v) is 2.23. The Kier molecular flexibility index (Phi) is 4.34. The van der Waals surface area contributed by atoms with E-state index in [-0.39, 0.29) is 24.3 Å². The first-order valence-electron chi connectivity index (χ1n) is 6.42. The Hall–Kier alpha value is -1.66. The molecular formula is C13H19N3O3. The number of amides is 2. The van der Waals surface area contributed by atoms with Gasteiger partial charge in [0, 0.05) is 19.1 Å². The third-order valence-corrected chi connectivity index (χ3v) is 3.42. The van der Waals surface area contributed by atoms with Gasteiger partial charge in [-0.05, 0) is 24.5 Å². The second-order valence-corrected chi connectivity index (χ2v) is 5.02. The summed E-state index contributed by atoms with van der Waals surface area (Å²) in [5.41, 5.74) is 5.92. The maximum atomic E-state index is 11.8. The van der Waals surface area contributed by atoms with Gasteiger partial charge in [0.2, 0.25) is 5.91 Å². The van der Waals surface area contributed by atoms with E-state index in [4.69, 9.17) is 10.2 Å². The predicted molar refractivity (Wildman–Crippen MR) is 69.4 cm³/mol. The number of hydrogen-bond acceptors (Lipinski definition) is 5. The van der Waals surface area contributed by atoms with Crippen molar-refractivity contribution >= 4 is 11.8 Å². The van der Waals surface area contributed by atoms with Gasteiger partial charge in [0.1, 0.15) is 0 Å². The summed E-state index contributed by atoms with van der Waals surface area (Å²) in [6, 6.07) is 3.32. The molecular weight excluding hydrogens is 246 g/mol. The van der Waals surface area contributed by atoms with Gasteiger partial charge in [0.05, 0.1) is 12.8 Å². The van der Waals surface area contributed by atoms with E-state index in [0.717, 1.165) is 19.5 Å². The maximum Gasteiger partial charge on any atom is 0.293 e. The van der Waals surface area contributed by atoms with Gasteiger partial charge in [-0.1, -0.05) is 6.92 Å². The topological polar surface area (TPSA) is 88.6 Å². The van der Waals surface area contributed by atoms with Crippen molar-refractivity contribution < 1.29 is 14.0 Å². The summed E-state index contributed by atoms with van der Waals surface area (Å²) in [6.45, 7) is 3.85. The number of carbonyl (C=O) groups excluding carboxylic acids is 2. The lowest BCUT2D eigenvalue weighted by atomic mass is 9.95. The molecule has 1 aliphatic rings. The number of nitrogens with zero attached hydrogens (tertiary/aromatic N) is 1. The Balaban J connectivity index is 1.80. The summed E-state index contributed by atoms with van der Waals surface area (Å²) in [6.07, 6.45) is 2.27. The van der Waals surface area contributed by atoms with Gasteiger partial charge in [0.15, 0.2) is 5.76 Å². The lowest BCUT2D eigenvalue weighted by Gasteiger charge is -2.34. The third-order valence-electron chi connectivity index (χ3n) is 3.42. The highest BCUT2D eigenvalue weighted by molar-refractivity contribution is 6.03. The summed E-state index contributed by atoms with van der Waals surface area (Å²) in [5.74, 6) is -0.314. The summed E-state index contributed by atoms with van der Waals surface area (Å²) >= 11 is 0. The number of hydrogen-bond donors (Lipinski definition) is 2. The van der Waals surface area contributed by atoms with Gasteiger partial charge in [-0.2, -0.15) is 0 Å². The minimum atomic E-state index is -0.503. The molecule has 3 N–H and O–H groups in total. The van der Waals surface area contributed by atoms with Crippen LogP contribution in [-0.4, -0.2) is 42.4 Å². The fourth-order valence-electron chi connectivity index (χ4n) is 2.23. The van der Waals surface area contributed by atoms with Crippen LogP contribution in [0.4, 0.5) is 0 Å². The van der Waals surface area contributed by atoms with Gasteiger partial charge in [-0.15, -0.1) is 0 Å². The molecule has 2 atom stereocenters. The minimum absolute atomic E-state index is 0.141. The molecule has 0 spiro atoms. The van der Waals surface area contributed by atoms with Crippen LogP contribution in [0.1, 0.15) is 23.9 Å². The van der Waals surface area contributed by atoms with Gasteiger partial charge >= 0.3 is 0 Å². The molecule has 2 unspecified atom stereocenters. The molecule has 0 aliphatic carbocycles. The Morgan fingerprint density at radius 2 is 2.37 bits per heavy atom. The van der Waals surface area contributed by atoms with Gasteiger partial charge < -0.3 is 10.2 Å². The highest BCUT2D eigenvalue weighted by Crippen LogP contribution is 2.14. The van der Waals surface area contributed by atoms with Crippen LogP contribution in [0.15, 0.2) is 22.8 Å². The summed E-state index contributed by atoms with van der Waals surface area (Å²) < 4.78 is 4.92. The number of nitrogens with two attached hydrogens (primary N) is 1. The van der Waals surface area contributed by atoms with Crippen molar-refractivity contribution in [3.63, 3.8) is 0 Å². The van der Waals surface area contributed by atoms with Crippen molar-refractivity contribution in [1.82, 2.24) is 10.2 Å². The zero-order valence-electron chi connectivity index (χ0n) is 11.0. The number of carbonyl (C=O) groups is 2. The Morgan fingerprint density at radius 3 is 3.00 bits per heavy atom. The van der Waals surface area contributed by atoms with E-state index in [1.165, 1.54) is 12.3 Å². The van der Waals surface area contributed by atoms with E-state index in [2.05, 4.69) is 12.2 Å². The lowest BCUT2D eigenvalue weighted by molar-refractivity contribution is -0.121. The van der Waals surface area contributed by atoms with Crippen LogP contribution < -0.4 is 11.1 Å². The summed E-state index contributed by atoms with van der Waals surface area (Å²) in [7, 11) is 0. The van der Waals surface area contributed by atoms with Crippen LogP contribution in [0.2, 0.25) is 0 Å². The molecule has 1 aromatic rings. The molecule has 0 saturated carbocycles. The highest BCUT2D eigenvalue weighted by atomic mass is 16.3. The number of nitrogens with one attached hydrogen (secondary N) is 1. The first kappa shape index (κ1) is 13.8. The molecule has 1 aromatic heterocycles. The maximum absolute atomic E-state index is 11.8. The zero-order valence-corrected chi connectivity index (χ0v) is 11.0. The van der Waals surface area contributed by atoms with Crippen molar-refractivity contribution in [1.29, 1.82) is 0 Å². The van der Waals surface area contributed by atoms with Crippen molar-refractivity contribution in [2.75, 3.05) is 19.6 Å². The van der Waals surface area contributed by atoms with Gasteiger partial charge in [-0.3, -0.25) is 19.8 Å². The SMILES string of the molecule is CC1CN(CC(=O)NC(=O)c2ccco2)CCC1N. The number of imide groups is 1. The largest absolute Gasteiger partial charge is 0.459 e. The van der Waals surface area contributed by atoms with Crippen molar-refractivity contribution in [3.8, 4) is 0 Å². The second-order valence-electron chi connectivity index (χ2n) is 5.02. The monoisotopic (exact) mass is 265 g/mol. The van der Waals surface area contributed by atoms with E-state index >= 15 is 0 Å². The third kappa shape index (κ3) is 3.65. The molecule has 0 bridgehead atoms. The lowest BCUT2D eigenvalue weighted by Crippen LogP contribution is -2.49. The van der Waals surface area contributed by atoms with E-state index in [1.54, 1.807) is 6.07 Å². The number of furan rings is 1. The first-order chi connectivity index (χ1) is 9.06. The molecule has 2 heterocycles. The van der Waals surface area contributed by atoms with Crippen molar-refractivity contribution in [2.24, 2.45) is 11.7 Å². The van der Waals surface area contributed by atoms with Crippen LogP contribution >= 0.6 is 0 Å². The summed E-state index contributed by atoms with van der Waals surface area (Å²) in [5, 5.41) is 2.31. The molecule has 19 heavy (non-hydrogen) atoms. The molecule has 0 radical (unpaired) electrons. The Labute approximate surface area is 111 Å². The quantitative estimate of drug-likeness (QED) is 0.815. The zero-order chi connectivity index (χ0) is 13.8. The first-order valence-corrected chi connectivity index (χ1v) is 6.42. The number of likely N-dealkylation sites (tertiary alicyclic amines) is 1. The van der Waals surface area contributed by atoms with Crippen molar-refractivity contribution in [3.05, 3.63) is 24.2 Å². The van der Waals surface area contributed by atoms with Crippen LogP contribution in [0.3, 0.4) is 0 Å². The minimum Gasteiger partial charge on any atom is -0.459 e. The number of rotatable bonds is 3. The van der Waals surface area contributed by atoms with E-state index < -0.39 is 5.91 Å². The average molecular weight is 265 g/mol. The van der Waals surface area contributed by atoms with Crippen molar-refractivity contribution in [2.45, 2.75) is 19.4 Å². The molecule has 1 saturated heterocycles. The fraction of sp³-hybridized carbons (Fsp3) is 0.538. The normalized spacial score (nSPS) is 24.1. The Bertz CT molecular complexity index is 444. The number of piperidine rings is 1. The smallest absolute Gasteiger partial charge is 0.293 e. The average Bonchev–Trinajstić information content (AvgIpc) is 2.87. The van der Waals surface area contributed by atoms with E-state index in [1.807, 2.05) is 4.90 Å². The molecule has 2 rings (SSSR count). The van der Waals surface area contributed by atoms with Crippen LogP contribution in [0.5, 0.6) is 0 Å². The molecule has 1 aliphatic heterocycles. The molecule has 0 aromatic carbocycles.